The maximum Gasteiger partial charge on any atom is 0.107 e. The maximum absolute atomic E-state index is 9.63. The molecule has 2 unspecified atom stereocenters. The second-order valence-electron chi connectivity index (χ2n) is 3.59. The number of likely N-dealkylation sites (tertiary alicyclic amines) is 1. The number of hydrogen-bond acceptors (Lipinski definition) is 4. The zero-order chi connectivity index (χ0) is 9.26. The number of nitrogens with two attached hydrogens (primary N) is 1. The van der Waals surface area contributed by atoms with Gasteiger partial charge in [-0.2, -0.15) is 0 Å². The van der Waals surface area contributed by atoms with Crippen molar-refractivity contribution < 1.29 is 5.11 Å². The first kappa shape index (κ1) is 8.72. The summed E-state index contributed by atoms with van der Waals surface area (Å²) in [5, 5.41) is 9.63. The zero-order valence-corrected chi connectivity index (χ0v) is 7.56. The number of rotatable bonds is 1. The van der Waals surface area contributed by atoms with Crippen molar-refractivity contribution in [2.24, 2.45) is 10.7 Å². The van der Waals surface area contributed by atoms with Crippen LogP contribution in [0.4, 0.5) is 0 Å². The van der Waals surface area contributed by atoms with Crippen molar-refractivity contribution in [3.05, 3.63) is 11.8 Å². The van der Waals surface area contributed by atoms with Crippen LogP contribution < -0.4 is 5.73 Å². The molecule has 1 fully saturated rings. The second kappa shape index (κ2) is 3.47. The molecule has 0 saturated carbocycles. The minimum absolute atomic E-state index is 0.197. The highest BCUT2D eigenvalue weighted by atomic mass is 16.3. The summed E-state index contributed by atoms with van der Waals surface area (Å²) in [6, 6.07) is 0.197. The van der Waals surface area contributed by atoms with Crippen LogP contribution in [0.3, 0.4) is 0 Å². The first-order valence-electron chi connectivity index (χ1n) is 4.68. The van der Waals surface area contributed by atoms with E-state index >= 15 is 0 Å². The first-order chi connectivity index (χ1) is 6.27. The van der Waals surface area contributed by atoms with Gasteiger partial charge in [-0.05, 0) is 18.9 Å². The molecule has 0 bridgehead atoms. The van der Waals surface area contributed by atoms with Gasteiger partial charge in [0, 0.05) is 18.5 Å². The molecule has 2 rings (SSSR count). The molecule has 0 aliphatic carbocycles. The Bertz CT molecular complexity index is 249. The average molecular weight is 181 g/mol. The highest BCUT2D eigenvalue weighted by molar-refractivity contribution is 5.78. The molecular weight excluding hydrogens is 166 g/mol. The number of allylic oxidation sites excluding steroid dienone is 1. The molecule has 4 nitrogen and oxygen atoms in total. The third kappa shape index (κ3) is 1.73. The van der Waals surface area contributed by atoms with Crippen molar-refractivity contribution in [3.8, 4) is 0 Å². The lowest BCUT2D eigenvalue weighted by Crippen LogP contribution is -2.41. The second-order valence-corrected chi connectivity index (χ2v) is 3.59. The van der Waals surface area contributed by atoms with E-state index in [0.29, 0.717) is 5.70 Å². The van der Waals surface area contributed by atoms with Gasteiger partial charge in [0.15, 0.2) is 0 Å². The van der Waals surface area contributed by atoms with Crippen LogP contribution in [0.5, 0.6) is 0 Å². The lowest BCUT2D eigenvalue weighted by molar-refractivity contribution is 0.0225. The van der Waals surface area contributed by atoms with Crippen LogP contribution >= 0.6 is 0 Å². The Balaban J connectivity index is 2.05. The van der Waals surface area contributed by atoms with Gasteiger partial charge >= 0.3 is 0 Å². The number of nitrogens with zero attached hydrogens (tertiary/aromatic N) is 2. The number of aliphatic imine (C=N–C) groups is 1. The normalized spacial score (nSPS) is 35.0. The van der Waals surface area contributed by atoms with Crippen molar-refractivity contribution in [2.45, 2.75) is 25.1 Å². The monoisotopic (exact) mass is 181 g/mol. The maximum atomic E-state index is 9.63. The Morgan fingerprint density at radius 1 is 1.62 bits per heavy atom. The van der Waals surface area contributed by atoms with E-state index in [4.69, 9.17) is 5.73 Å². The van der Waals surface area contributed by atoms with E-state index in [2.05, 4.69) is 9.89 Å². The lowest BCUT2D eigenvalue weighted by atomic mass is 10.2. The Labute approximate surface area is 77.7 Å². The van der Waals surface area contributed by atoms with E-state index < -0.39 is 0 Å². The Morgan fingerprint density at radius 3 is 3.08 bits per heavy atom. The highest BCUT2D eigenvalue weighted by Crippen LogP contribution is 2.20. The third-order valence-electron chi connectivity index (χ3n) is 2.61. The van der Waals surface area contributed by atoms with Crippen LogP contribution in [0.25, 0.3) is 0 Å². The molecule has 72 valence electrons. The fourth-order valence-corrected chi connectivity index (χ4v) is 1.94. The highest BCUT2D eigenvalue weighted by Gasteiger charge is 2.28. The summed E-state index contributed by atoms with van der Waals surface area (Å²) in [5.41, 5.74) is 6.35. The molecular formula is C9H15N3O. The van der Waals surface area contributed by atoms with Crippen molar-refractivity contribution in [2.75, 3.05) is 13.1 Å². The van der Waals surface area contributed by atoms with Crippen LogP contribution in [0, 0.1) is 0 Å². The molecule has 13 heavy (non-hydrogen) atoms. The largest absolute Gasteiger partial charge is 0.398 e. The molecule has 0 aromatic carbocycles. The summed E-state index contributed by atoms with van der Waals surface area (Å²) in [4.78, 5) is 6.21. The number of hydrogen-bond donors (Lipinski definition) is 2. The first-order valence-corrected chi connectivity index (χ1v) is 4.68. The molecule has 1 saturated heterocycles. The molecule has 0 amide bonds. The fraction of sp³-hybridized carbons (Fsp3) is 0.667. The molecule has 2 atom stereocenters. The molecule has 2 heterocycles. The SMILES string of the molecule is NC1=CC(N2CCCC2O)CN=C1. The zero-order valence-electron chi connectivity index (χ0n) is 7.56. The Hall–Kier alpha value is -0.870. The van der Waals surface area contributed by atoms with Gasteiger partial charge in [-0.3, -0.25) is 9.89 Å². The van der Waals surface area contributed by atoms with Crippen LogP contribution in [0.1, 0.15) is 12.8 Å². The van der Waals surface area contributed by atoms with Crippen molar-refractivity contribution in [3.63, 3.8) is 0 Å². The van der Waals surface area contributed by atoms with Gasteiger partial charge < -0.3 is 10.8 Å². The van der Waals surface area contributed by atoms with Gasteiger partial charge in [-0.1, -0.05) is 0 Å². The predicted octanol–water partition coefficient (Wildman–Crippen LogP) is -0.304. The lowest BCUT2D eigenvalue weighted by Gasteiger charge is -2.28. The smallest absolute Gasteiger partial charge is 0.107 e. The van der Waals surface area contributed by atoms with Gasteiger partial charge in [0.05, 0.1) is 12.6 Å². The van der Waals surface area contributed by atoms with Crippen LogP contribution in [0.15, 0.2) is 16.8 Å². The van der Waals surface area contributed by atoms with Crippen LogP contribution in [0.2, 0.25) is 0 Å². The van der Waals surface area contributed by atoms with Crippen molar-refractivity contribution in [1.82, 2.24) is 4.90 Å². The van der Waals surface area contributed by atoms with Gasteiger partial charge in [-0.25, -0.2) is 0 Å². The fourth-order valence-electron chi connectivity index (χ4n) is 1.94. The van der Waals surface area contributed by atoms with Gasteiger partial charge in [0.1, 0.15) is 6.23 Å². The molecule has 0 aromatic heterocycles. The summed E-state index contributed by atoms with van der Waals surface area (Å²) in [6.07, 6.45) is 5.28. The number of aliphatic hydroxyl groups is 1. The van der Waals surface area contributed by atoms with Crippen LogP contribution in [-0.2, 0) is 0 Å². The predicted molar refractivity (Wildman–Crippen MR) is 51.4 cm³/mol. The minimum Gasteiger partial charge on any atom is -0.398 e. The van der Waals surface area contributed by atoms with E-state index in [0.717, 1.165) is 25.9 Å². The molecule has 2 aliphatic rings. The molecule has 4 heteroatoms. The number of dihydropyridines is 1. The van der Waals surface area contributed by atoms with Gasteiger partial charge in [0.25, 0.3) is 0 Å². The van der Waals surface area contributed by atoms with Gasteiger partial charge in [-0.15, -0.1) is 0 Å². The molecule has 0 radical (unpaired) electrons. The summed E-state index contributed by atoms with van der Waals surface area (Å²) in [6.45, 7) is 1.67. The topological polar surface area (TPSA) is 61.8 Å². The van der Waals surface area contributed by atoms with E-state index in [1.807, 2.05) is 6.08 Å². The Kier molecular flexibility index (Phi) is 2.33. The summed E-state index contributed by atoms with van der Waals surface area (Å²) >= 11 is 0. The third-order valence-corrected chi connectivity index (χ3v) is 2.61. The van der Waals surface area contributed by atoms with E-state index in [1.54, 1.807) is 6.21 Å². The molecule has 3 N–H and O–H groups in total. The summed E-state index contributed by atoms with van der Waals surface area (Å²) < 4.78 is 0. The molecule has 0 aromatic rings. The van der Waals surface area contributed by atoms with E-state index in [-0.39, 0.29) is 12.3 Å². The standard InChI is InChI=1S/C9H15N3O/c10-7-4-8(6-11-5-7)12-3-1-2-9(12)13/h4-5,8-9,13H,1-3,6,10H2. The molecule has 0 spiro atoms. The van der Waals surface area contributed by atoms with Crippen LogP contribution in [-0.4, -0.2) is 41.6 Å². The summed E-state index contributed by atoms with van der Waals surface area (Å²) in [7, 11) is 0. The average Bonchev–Trinajstić information content (AvgIpc) is 2.51. The van der Waals surface area contributed by atoms with E-state index in [9.17, 15) is 5.11 Å². The van der Waals surface area contributed by atoms with Crippen molar-refractivity contribution in [1.29, 1.82) is 0 Å². The quantitative estimate of drug-likeness (QED) is 0.583. The minimum atomic E-state index is -0.303. The number of aliphatic hydroxyl groups excluding tert-OH is 1. The van der Waals surface area contributed by atoms with E-state index in [1.165, 1.54) is 0 Å². The van der Waals surface area contributed by atoms with Crippen molar-refractivity contribution >= 4 is 6.21 Å². The Morgan fingerprint density at radius 2 is 2.46 bits per heavy atom. The summed E-state index contributed by atoms with van der Waals surface area (Å²) in [5.74, 6) is 0. The molecule has 2 aliphatic heterocycles. The van der Waals surface area contributed by atoms with Gasteiger partial charge in [0.2, 0.25) is 0 Å².